The summed E-state index contributed by atoms with van der Waals surface area (Å²) in [5.41, 5.74) is 0.663. The molecule has 0 radical (unpaired) electrons. The fourth-order valence-electron chi connectivity index (χ4n) is 2.07. The molecule has 1 atom stereocenters. The maximum Gasteiger partial charge on any atom is 0.174 e. The molecule has 0 saturated carbocycles. The van der Waals surface area contributed by atoms with Crippen molar-refractivity contribution in [1.29, 1.82) is 0 Å². The van der Waals surface area contributed by atoms with Gasteiger partial charge in [0.1, 0.15) is 5.01 Å². The number of hydrogen-bond acceptors (Lipinski definition) is 6. The van der Waals surface area contributed by atoms with Crippen LogP contribution < -0.4 is 5.32 Å². The van der Waals surface area contributed by atoms with Gasteiger partial charge in [-0.1, -0.05) is 60.4 Å². The van der Waals surface area contributed by atoms with Gasteiger partial charge < -0.3 is 10.4 Å². The van der Waals surface area contributed by atoms with Crippen LogP contribution in [0.2, 0.25) is 0 Å². The molecule has 1 heterocycles. The number of nitrogens with one attached hydrogen (secondary N) is 1. The Morgan fingerprint density at radius 1 is 1.29 bits per heavy atom. The molecular weight excluding hydrogens is 302 g/mol. The van der Waals surface area contributed by atoms with Crippen LogP contribution >= 0.6 is 23.1 Å². The maximum atomic E-state index is 10.0. The second-order valence-corrected chi connectivity index (χ2v) is 7.31. The lowest BCUT2D eigenvalue weighted by Gasteiger charge is -2.33. The Kier molecular flexibility index (Phi) is 6.17. The highest BCUT2D eigenvalue weighted by molar-refractivity contribution is 8.01. The van der Waals surface area contributed by atoms with E-state index in [1.54, 1.807) is 23.1 Å². The number of nitrogens with zero attached hydrogens (tertiary/aromatic N) is 2. The largest absolute Gasteiger partial charge is 0.394 e. The molecule has 0 bridgehead atoms. The quantitative estimate of drug-likeness (QED) is 0.732. The van der Waals surface area contributed by atoms with Crippen LogP contribution in [-0.4, -0.2) is 34.2 Å². The molecule has 2 aromatic rings. The first-order valence-corrected chi connectivity index (χ1v) is 8.85. The van der Waals surface area contributed by atoms with Gasteiger partial charge in [0.25, 0.3) is 0 Å². The summed E-state index contributed by atoms with van der Waals surface area (Å²) >= 11 is 3.23. The van der Waals surface area contributed by atoms with E-state index in [0.29, 0.717) is 0 Å². The Labute approximate surface area is 134 Å². The summed E-state index contributed by atoms with van der Waals surface area (Å²) in [6, 6.07) is 10.1. The third-order valence-electron chi connectivity index (χ3n) is 3.26. The monoisotopic (exact) mass is 323 g/mol. The average Bonchev–Trinajstić information content (AvgIpc) is 2.95. The summed E-state index contributed by atoms with van der Waals surface area (Å²) in [4.78, 5) is 0. The third kappa shape index (κ3) is 4.26. The maximum absolute atomic E-state index is 10.0. The van der Waals surface area contributed by atoms with Crippen molar-refractivity contribution in [1.82, 2.24) is 15.5 Å². The minimum Gasteiger partial charge on any atom is -0.394 e. The fraction of sp³-hybridized carbons (Fsp3) is 0.467. The fourth-order valence-corrected chi connectivity index (χ4v) is 4.09. The van der Waals surface area contributed by atoms with Crippen LogP contribution in [0.1, 0.15) is 23.9 Å². The molecule has 0 aliphatic carbocycles. The second-order valence-electron chi connectivity index (χ2n) is 4.91. The van der Waals surface area contributed by atoms with Gasteiger partial charge in [0.05, 0.1) is 12.1 Å². The van der Waals surface area contributed by atoms with Crippen molar-refractivity contribution >= 4 is 23.1 Å². The second kappa shape index (κ2) is 7.89. The first-order chi connectivity index (χ1) is 10.2. The van der Waals surface area contributed by atoms with E-state index in [0.717, 1.165) is 33.6 Å². The van der Waals surface area contributed by atoms with Crippen molar-refractivity contribution in [3.63, 3.8) is 0 Å². The molecule has 21 heavy (non-hydrogen) atoms. The van der Waals surface area contributed by atoms with Crippen LogP contribution in [-0.2, 0) is 5.54 Å². The van der Waals surface area contributed by atoms with E-state index in [9.17, 15) is 5.11 Å². The molecule has 0 fully saturated rings. The molecule has 0 saturated heterocycles. The zero-order valence-corrected chi connectivity index (χ0v) is 14.0. The summed E-state index contributed by atoms with van der Waals surface area (Å²) < 4.78 is 0.944. The standard InChI is InChI=1S/C15H21N3OS2/c1-3-9-16-15(10-19,13-7-5-4-6-8-13)11-20-14-18-17-12(2)21-14/h4-8,16,19H,3,9-11H2,1-2H3. The molecule has 2 N–H and O–H groups in total. The van der Waals surface area contributed by atoms with Crippen molar-refractivity contribution in [2.45, 2.75) is 30.1 Å². The van der Waals surface area contributed by atoms with E-state index in [-0.39, 0.29) is 6.61 Å². The first kappa shape index (κ1) is 16.4. The Bertz CT molecular complexity index is 547. The van der Waals surface area contributed by atoms with Crippen molar-refractivity contribution < 1.29 is 5.11 Å². The molecule has 2 rings (SSSR count). The van der Waals surface area contributed by atoms with Crippen LogP contribution in [0.4, 0.5) is 0 Å². The lowest BCUT2D eigenvalue weighted by Crippen LogP contribution is -2.48. The highest BCUT2D eigenvalue weighted by Gasteiger charge is 2.31. The van der Waals surface area contributed by atoms with E-state index in [1.165, 1.54) is 0 Å². The third-order valence-corrected chi connectivity index (χ3v) is 5.46. The van der Waals surface area contributed by atoms with Crippen molar-refractivity contribution in [3.05, 3.63) is 40.9 Å². The zero-order valence-electron chi connectivity index (χ0n) is 12.4. The van der Waals surface area contributed by atoms with E-state index >= 15 is 0 Å². The lowest BCUT2D eigenvalue weighted by molar-refractivity contribution is 0.179. The number of aliphatic hydroxyl groups is 1. The first-order valence-electron chi connectivity index (χ1n) is 7.04. The molecule has 1 aromatic carbocycles. The zero-order chi connectivity index (χ0) is 15.1. The lowest BCUT2D eigenvalue weighted by atomic mass is 9.92. The summed E-state index contributed by atoms with van der Waals surface area (Å²) in [5, 5.41) is 22.7. The minimum absolute atomic E-state index is 0.0573. The molecule has 1 unspecified atom stereocenters. The van der Waals surface area contributed by atoms with Gasteiger partial charge in [0.2, 0.25) is 0 Å². The molecule has 0 spiro atoms. The molecule has 6 heteroatoms. The van der Waals surface area contributed by atoms with Gasteiger partial charge in [-0.05, 0) is 25.5 Å². The van der Waals surface area contributed by atoms with Gasteiger partial charge >= 0.3 is 0 Å². The number of hydrogen-bond donors (Lipinski definition) is 2. The van der Waals surface area contributed by atoms with Crippen molar-refractivity contribution in [2.75, 3.05) is 18.9 Å². The van der Waals surface area contributed by atoms with Gasteiger partial charge in [-0.2, -0.15) is 0 Å². The molecule has 0 amide bonds. The van der Waals surface area contributed by atoms with Gasteiger partial charge in [0, 0.05) is 5.75 Å². The predicted molar refractivity (Wildman–Crippen MR) is 88.9 cm³/mol. The van der Waals surface area contributed by atoms with Crippen LogP contribution in [0.25, 0.3) is 0 Å². The Morgan fingerprint density at radius 3 is 2.62 bits per heavy atom. The molecular formula is C15H21N3OS2. The van der Waals surface area contributed by atoms with Crippen molar-refractivity contribution in [2.24, 2.45) is 0 Å². The molecule has 1 aromatic heterocycles. The van der Waals surface area contributed by atoms with Crippen LogP contribution in [0, 0.1) is 6.92 Å². The average molecular weight is 323 g/mol. The highest BCUT2D eigenvalue weighted by atomic mass is 32.2. The van der Waals surface area contributed by atoms with Crippen molar-refractivity contribution in [3.8, 4) is 0 Å². The van der Waals surface area contributed by atoms with Gasteiger partial charge in [0.15, 0.2) is 4.34 Å². The van der Waals surface area contributed by atoms with Gasteiger partial charge in [-0.3, -0.25) is 0 Å². The normalized spacial score (nSPS) is 14.0. The topological polar surface area (TPSA) is 58.0 Å². The predicted octanol–water partition coefficient (Wildman–Crippen LogP) is 2.83. The smallest absolute Gasteiger partial charge is 0.174 e. The van der Waals surface area contributed by atoms with E-state index in [2.05, 4.69) is 34.6 Å². The van der Waals surface area contributed by atoms with Gasteiger partial charge in [-0.25, -0.2) is 0 Å². The number of thioether (sulfide) groups is 1. The van der Waals surface area contributed by atoms with Crippen LogP contribution in [0.5, 0.6) is 0 Å². The molecule has 114 valence electrons. The van der Waals surface area contributed by atoms with E-state index in [1.807, 2.05) is 25.1 Å². The number of rotatable bonds is 8. The van der Waals surface area contributed by atoms with E-state index in [4.69, 9.17) is 0 Å². The van der Waals surface area contributed by atoms with Crippen LogP contribution in [0.15, 0.2) is 34.7 Å². The number of benzene rings is 1. The Balaban J connectivity index is 2.18. The Hall–Kier alpha value is -0.950. The summed E-state index contributed by atoms with van der Waals surface area (Å²) in [6.07, 6.45) is 1.02. The van der Waals surface area contributed by atoms with E-state index < -0.39 is 5.54 Å². The number of aryl methyl sites for hydroxylation is 1. The molecule has 4 nitrogen and oxygen atoms in total. The van der Waals surface area contributed by atoms with Gasteiger partial charge in [-0.15, -0.1) is 10.2 Å². The Morgan fingerprint density at radius 2 is 2.05 bits per heavy atom. The number of aliphatic hydroxyl groups excluding tert-OH is 1. The molecule has 0 aliphatic heterocycles. The summed E-state index contributed by atoms with van der Waals surface area (Å²) in [7, 11) is 0. The molecule has 0 aliphatic rings. The summed E-state index contributed by atoms with van der Waals surface area (Å²) in [5.74, 6) is 0.724. The highest BCUT2D eigenvalue weighted by Crippen LogP contribution is 2.31. The minimum atomic E-state index is -0.443. The summed E-state index contributed by atoms with van der Waals surface area (Å²) in [6.45, 7) is 5.00. The SMILES string of the molecule is CCCNC(CO)(CSc1nnc(C)s1)c1ccccc1. The van der Waals surface area contributed by atoms with Crippen LogP contribution in [0.3, 0.4) is 0 Å². The number of aromatic nitrogens is 2.